The molecule has 0 fully saturated rings. The van der Waals surface area contributed by atoms with Gasteiger partial charge in [-0.15, -0.1) is 0 Å². The van der Waals surface area contributed by atoms with Crippen LogP contribution in [0.5, 0.6) is 0 Å². The lowest BCUT2D eigenvalue weighted by atomic mass is 10.1. The van der Waals surface area contributed by atoms with E-state index in [0.717, 1.165) is 33.8 Å². The number of ether oxygens (including phenoxy) is 1. The van der Waals surface area contributed by atoms with Gasteiger partial charge in [0.1, 0.15) is 5.69 Å². The van der Waals surface area contributed by atoms with Gasteiger partial charge >= 0.3 is 5.97 Å². The maximum absolute atomic E-state index is 12.2. The van der Waals surface area contributed by atoms with Crippen LogP contribution in [0.25, 0.3) is 21.8 Å². The van der Waals surface area contributed by atoms with E-state index in [1.807, 2.05) is 37.3 Å². The van der Waals surface area contributed by atoms with Crippen LogP contribution in [0.1, 0.15) is 29.4 Å². The number of benzene rings is 2. The Morgan fingerprint density at radius 1 is 1.07 bits per heavy atom. The predicted molar refractivity (Wildman–Crippen MR) is 113 cm³/mol. The van der Waals surface area contributed by atoms with Crippen molar-refractivity contribution in [2.24, 2.45) is 0 Å². The molecule has 0 N–H and O–H groups in total. The van der Waals surface area contributed by atoms with Crippen molar-refractivity contribution in [3.8, 4) is 0 Å². The molecule has 0 aliphatic carbocycles. The fraction of sp³-hybridized carbons (Fsp3) is 0.182. The molecule has 4 aromatic rings. The predicted octanol–water partition coefficient (Wildman–Crippen LogP) is 6.11. The average molecular weight is 413 g/mol. The van der Waals surface area contributed by atoms with E-state index in [2.05, 4.69) is 9.55 Å². The van der Waals surface area contributed by atoms with Crippen molar-refractivity contribution in [2.75, 3.05) is 6.61 Å². The highest BCUT2D eigenvalue weighted by molar-refractivity contribution is 6.33. The summed E-state index contributed by atoms with van der Waals surface area (Å²) < 4.78 is 7.36. The number of carbonyl (C=O) groups is 1. The Morgan fingerprint density at radius 2 is 1.89 bits per heavy atom. The molecular weight excluding hydrogens is 395 g/mol. The molecule has 142 valence electrons. The topological polar surface area (TPSA) is 44.1 Å². The van der Waals surface area contributed by atoms with Crippen LogP contribution in [0.2, 0.25) is 10.0 Å². The maximum atomic E-state index is 12.2. The Bertz CT molecular complexity index is 1180. The van der Waals surface area contributed by atoms with Crippen LogP contribution in [0.4, 0.5) is 0 Å². The molecule has 0 saturated carbocycles. The molecule has 0 spiro atoms. The molecule has 0 aliphatic rings. The second-order valence-corrected chi connectivity index (χ2v) is 7.41. The number of para-hydroxylation sites is 1. The fourth-order valence-electron chi connectivity index (χ4n) is 3.33. The molecule has 6 heteroatoms. The minimum absolute atomic E-state index is 0.310. The standard InChI is InChI=1S/C22H18Cl2N2O2/c1-2-9-28-22(27)19-11-17-16-5-3-4-6-20(16)26(21(17)12-25-19)13-14-10-15(23)7-8-18(14)24/h3-8,10-12H,2,9,13H2,1H3. The molecule has 0 aliphatic heterocycles. The van der Waals surface area contributed by atoms with Gasteiger partial charge in [-0.1, -0.05) is 48.3 Å². The summed E-state index contributed by atoms with van der Waals surface area (Å²) in [5.74, 6) is -0.404. The summed E-state index contributed by atoms with van der Waals surface area (Å²) in [7, 11) is 0. The Kier molecular flexibility index (Phi) is 5.25. The minimum atomic E-state index is -0.404. The Morgan fingerprint density at radius 3 is 2.71 bits per heavy atom. The lowest BCUT2D eigenvalue weighted by molar-refractivity contribution is 0.0498. The maximum Gasteiger partial charge on any atom is 0.356 e. The zero-order valence-corrected chi connectivity index (χ0v) is 16.8. The number of aromatic nitrogens is 2. The second kappa shape index (κ2) is 7.82. The van der Waals surface area contributed by atoms with Gasteiger partial charge in [0.25, 0.3) is 0 Å². The SMILES string of the molecule is CCCOC(=O)c1cc2c3ccccc3n(Cc3cc(Cl)ccc3Cl)c2cn1. The van der Waals surface area contributed by atoms with Gasteiger partial charge in [0, 0.05) is 32.9 Å². The monoisotopic (exact) mass is 412 g/mol. The summed E-state index contributed by atoms with van der Waals surface area (Å²) in [6.45, 7) is 2.89. The van der Waals surface area contributed by atoms with Crippen LogP contribution in [-0.2, 0) is 11.3 Å². The number of hydrogen-bond acceptors (Lipinski definition) is 3. The molecule has 4 nitrogen and oxygen atoms in total. The molecule has 2 heterocycles. The van der Waals surface area contributed by atoms with Crippen molar-refractivity contribution < 1.29 is 9.53 Å². The third-order valence-corrected chi connectivity index (χ3v) is 5.25. The number of carbonyl (C=O) groups excluding carboxylic acids is 1. The van der Waals surface area contributed by atoms with E-state index in [-0.39, 0.29) is 0 Å². The van der Waals surface area contributed by atoms with Gasteiger partial charge in [0.15, 0.2) is 0 Å². The zero-order valence-electron chi connectivity index (χ0n) is 15.3. The van der Waals surface area contributed by atoms with Crippen LogP contribution >= 0.6 is 23.2 Å². The molecule has 2 aromatic carbocycles. The molecule has 2 aromatic heterocycles. The lowest BCUT2D eigenvalue weighted by Crippen LogP contribution is -2.08. The van der Waals surface area contributed by atoms with E-state index in [1.165, 1.54) is 0 Å². The van der Waals surface area contributed by atoms with Crippen LogP contribution in [-0.4, -0.2) is 22.1 Å². The highest BCUT2D eigenvalue weighted by Crippen LogP contribution is 2.31. The first kappa shape index (κ1) is 18.8. The fourth-order valence-corrected chi connectivity index (χ4v) is 3.70. The number of pyridine rings is 1. The van der Waals surface area contributed by atoms with Gasteiger partial charge in [-0.2, -0.15) is 0 Å². The van der Waals surface area contributed by atoms with E-state index in [9.17, 15) is 4.79 Å². The average Bonchev–Trinajstić information content (AvgIpc) is 3.02. The lowest BCUT2D eigenvalue weighted by Gasteiger charge is -2.10. The molecule has 0 bridgehead atoms. The molecule has 0 atom stereocenters. The third kappa shape index (κ3) is 3.46. The number of nitrogens with zero attached hydrogens (tertiary/aromatic N) is 2. The van der Waals surface area contributed by atoms with Gasteiger partial charge in [-0.3, -0.25) is 0 Å². The quantitative estimate of drug-likeness (QED) is 0.371. The van der Waals surface area contributed by atoms with Crippen molar-refractivity contribution in [3.63, 3.8) is 0 Å². The second-order valence-electron chi connectivity index (χ2n) is 6.56. The van der Waals surface area contributed by atoms with Crippen LogP contribution in [0.15, 0.2) is 54.7 Å². The van der Waals surface area contributed by atoms with Crippen molar-refractivity contribution >= 4 is 51.0 Å². The molecule has 0 amide bonds. The summed E-state index contributed by atoms with van der Waals surface area (Å²) in [5.41, 5.74) is 3.19. The Balaban J connectivity index is 1.86. The first-order valence-electron chi connectivity index (χ1n) is 9.06. The third-order valence-electron chi connectivity index (χ3n) is 4.64. The molecule has 28 heavy (non-hydrogen) atoms. The van der Waals surface area contributed by atoms with Crippen molar-refractivity contribution in [1.82, 2.24) is 9.55 Å². The number of hydrogen-bond donors (Lipinski definition) is 0. The molecule has 0 radical (unpaired) electrons. The van der Waals surface area contributed by atoms with E-state index in [4.69, 9.17) is 27.9 Å². The highest BCUT2D eigenvalue weighted by Gasteiger charge is 2.16. The summed E-state index contributed by atoms with van der Waals surface area (Å²) in [6.07, 6.45) is 2.49. The summed E-state index contributed by atoms with van der Waals surface area (Å²) in [4.78, 5) is 16.6. The summed E-state index contributed by atoms with van der Waals surface area (Å²) in [6, 6.07) is 15.3. The van der Waals surface area contributed by atoms with Crippen LogP contribution in [0, 0.1) is 0 Å². The summed E-state index contributed by atoms with van der Waals surface area (Å²) >= 11 is 12.5. The van der Waals surface area contributed by atoms with Crippen molar-refractivity contribution in [3.05, 3.63) is 76.0 Å². The van der Waals surface area contributed by atoms with Crippen molar-refractivity contribution in [1.29, 1.82) is 0 Å². The highest BCUT2D eigenvalue weighted by atomic mass is 35.5. The van der Waals surface area contributed by atoms with E-state index in [1.54, 1.807) is 24.4 Å². The van der Waals surface area contributed by atoms with Gasteiger partial charge in [0.05, 0.1) is 18.3 Å². The molecule has 4 rings (SSSR count). The zero-order chi connectivity index (χ0) is 19.7. The largest absolute Gasteiger partial charge is 0.461 e. The first-order valence-corrected chi connectivity index (χ1v) is 9.82. The Hall–Kier alpha value is -2.56. The number of fused-ring (bicyclic) bond motifs is 3. The van der Waals surface area contributed by atoms with Gasteiger partial charge in [-0.05, 0) is 42.3 Å². The van der Waals surface area contributed by atoms with E-state index in [0.29, 0.717) is 28.9 Å². The normalized spacial score (nSPS) is 11.2. The van der Waals surface area contributed by atoms with Crippen LogP contribution < -0.4 is 0 Å². The number of halogens is 2. The van der Waals surface area contributed by atoms with Crippen LogP contribution in [0.3, 0.4) is 0 Å². The molecular formula is C22H18Cl2N2O2. The molecule has 0 saturated heterocycles. The van der Waals surface area contributed by atoms with Gasteiger partial charge in [-0.25, -0.2) is 9.78 Å². The smallest absolute Gasteiger partial charge is 0.356 e. The first-order chi connectivity index (χ1) is 13.6. The Labute approximate surface area is 172 Å². The van der Waals surface area contributed by atoms with Gasteiger partial charge in [0.2, 0.25) is 0 Å². The number of esters is 1. The van der Waals surface area contributed by atoms with E-state index >= 15 is 0 Å². The van der Waals surface area contributed by atoms with E-state index < -0.39 is 5.97 Å². The van der Waals surface area contributed by atoms with Gasteiger partial charge < -0.3 is 9.30 Å². The summed E-state index contributed by atoms with van der Waals surface area (Å²) in [5, 5.41) is 3.29. The minimum Gasteiger partial charge on any atom is -0.461 e. The molecule has 0 unspecified atom stereocenters. The van der Waals surface area contributed by atoms with Crippen molar-refractivity contribution in [2.45, 2.75) is 19.9 Å². The number of rotatable bonds is 5.